The van der Waals surface area contributed by atoms with Gasteiger partial charge in [-0.1, -0.05) is 30.3 Å². The lowest BCUT2D eigenvalue weighted by Crippen LogP contribution is -2.29. The van der Waals surface area contributed by atoms with Crippen molar-refractivity contribution in [1.82, 2.24) is 24.2 Å². The van der Waals surface area contributed by atoms with Gasteiger partial charge in [-0.2, -0.15) is 0 Å². The van der Waals surface area contributed by atoms with Gasteiger partial charge in [0.2, 0.25) is 15.9 Å². The first-order valence-corrected chi connectivity index (χ1v) is 12.3. The van der Waals surface area contributed by atoms with E-state index >= 15 is 0 Å². The molecule has 0 saturated heterocycles. The van der Waals surface area contributed by atoms with Crippen LogP contribution in [0.3, 0.4) is 0 Å². The van der Waals surface area contributed by atoms with Crippen LogP contribution in [0.15, 0.2) is 78.0 Å². The number of nitrogens with one attached hydrogen (secondary N) is 1. The van der Waals surface area contributed by atoms with Gasteiger partial charge >= 0.3 is 0 Å². The molecule has 1 amide bonds. The molecule has 8 nitrogen and oxygen atoms in total. The maximum Gasteiger partial charge on any atom is 0.242 e. The summed E-state index contributed by atoms with van der Waals surface area (Å²) in [6.45, 7) is 0. The second-order valence-corrected chi connectivity index (χ2v) is 10.4. The largest absolute Gasteiger partial charge is 0.345 e. The molecular formula is C25H27N5O3S. The second kappa shape index (κ2) is 9.74. The molecule has 0 fully saturated rings. The summed E-state index contributed by atoms with van der Waals surface area (Å²) >= 11 is 0. The monoisotopic (exact) mass is 477 g/mol. The van der Waals surface area contributed by atoms with E-state index in [1.807, 2.05) is 54.1 Å². The van der Waals surface area contributed by atoms with Crippen molar-refractivity contribution in [3.05, 3.63) is 90.0 Å². The number of nitrogens with zero attached hydrogens (tertiary/aromatic N) is 4. The van der Waals surface area contributed by atoms with Crippen molar-refractivity contribution in [2.24, 2.45) is 7.05 Å². The Morgan fingerprint density at radius 3 is 2.38 bits per heavy atom. The van der Waals surface area contributed by atoms with Crippen LogP contribution >= 0.6 is 0 Å². The van der Waals surface area contributed by atoms with Gasteiger partial charge in [-0.3, -0.25) is 9.78 Å². The molecule has 1 unspecified atom stereocenters. The number of benzene rings is 2. The first-order chi connectivity index (χ1) is 16.3. The normalized spacial score (nSPS) is 12.7. The van der Waals surface area contributed by atoms with E-state index < -0.39 is 10.0 Å². The average Bonchev–Trinajstić information content (AvgIpc) is 3.17. The molecule has 2 heterocycles. The fourth-order valence-corrected chi connectivity index (χ4v) is 4.77. The summed E-state index contributed by atoms with van der Waals surface area (Å²) in [6.07, 6.45) is 4.09. The molecule has 2 aromatic carbocycles. The number of rotatable bonds is 8. The lowest BCUT2D eigenvalue weighted by atomic mass is 9.99. The molecule has 34 heavy (non-hydrogen) atoms. The van der Waals surface area contributed by atoms with E-state index in [4.69, 9.17) is 0 Å². The zero-order valence-electron chi connectivity index (χ0n) is 19.3. The van der Waals surface area contributed by atoms with Crippen molar-refractivity contribution in [1.29, 1.82) is 0 Å². The number of aryl methyl sites for hydroxylation is 2. The number of amides is 1. The van der Waals surface area contributed by atoms with Gasteiger partial charge in [-0.25, -0.2) is 17.7 Å². The molecule has 0 aliphatic heterocycles. The fraction of sp³-hybridized carbons (Fsp3) is 0.240. The van der Waals surface area contributed by atoms with Gasteiger partial charge in [-0.15, -0.1) is 0 Å². The first-order valence-electron chi connectivity index (χ1n) is 10.9. The Morgan fingerprint density at radius 1 is 1.03 bits per heavy atom. The summed E-state index contributed by atoms with van der Waals surface area (Å²) in [5.41, 5.74) is 3.33. The molecule has 0 spiro atoms. The van der Waals surface area contributed by atoms with E-state index in [9.17, 15) is 13.2 Å². The van der Waals surface area contributed by atoms with Gasteiger partial charge < -0.3 is 9.88 Å². The van der Waals surface area contributed by atoms with Gasteiger partial charge in [0.05, 0.1) is 22.0 Å². The van der Waals surface area contributed by atoms with Crippen LogP contribution in [0.1, 0.15) is 29.4 Å². The summed E-state index contributed by atoms with van der Waals surface area (Å²) in [5, 5.41) is 3.13. The van der Waals surface area contributed by atoms with Gasteiger partial charge in [-0.05, 0) is 41.5 Å². The van der Waals surface area contributed by atoms with E-state index in [2.05, 4.69) is 15.3 Å². The fourth-order valence-electron chi connectivity index (χ4n) is 3.84. The number of pyridine rings is 1. The van der Waals surface area contributed by atoms with Crippen LogP contribution in [0.2, 0.25) is 0 Å². The number of carbonyl (C=O) groups excluding carboxylic acids is 1. The van der Waals surface area contributed by atoms with Crippen LogP contribution in [-0.2, 0) is 28.3 Å². The van der Waals surface area contributed by atoms with Gasteiger partial charge in [0, 0.05) is 46.4 Å². The predicted octanol–water partition coefficient (Wildman–Crippen LogP) is 3.06. The van der Waals surface area contributed by atoms with E-state index in [0.717, 1.165) is 16.6 Å². The molecule has 0 saturated carbocycles. The number of sulfonamides is 1. The minimum atomic E-state index is -3.55. The van der Waals surface area contributed by atoms with Gasteiger partial charge in [0.25, 0.3) is 0 Å². The van der Waals surface area contributed by atoms with E-state index in [-0.39, 0.29) is 23.3 Å². The molecule has 0 radical (unpaired) electrons. The number of fused-ring (bicyclic) bond motifs is 1. The van der Waals surface area contributed by atoms with Crippen molar-refractivity contribution in [3.63, 3.8) is 0 Å². The minimum Gasteiger partial charge on any atom is -0.345 e. The third-order valence-corrected chi connectivity index (χ3v) is 7.59. The van der Waals surface area contributed by atoms with Crippen LogP contribution in [0.4, 0.5) is 0 Å². The Morgan fingerprint density at radius 2 is 1.71 bits per heavy atom. The van der Waals surface area contributed by atoms with Crippen molar-refractivity contribution in [3.8, 4) is 0 Å². The summed E-state index contributed by atoms with van der Waals surface area (Å²) in [4.78, 5) is 21.8. The molecule has 1 N–H and O–H groups in total. The Labute approximate surface area is 199 Å². The van der Waals surface area contributed by atoms with Crippen LogP contribution in [0, 0.1) is 0 Å². The topological polar surface area (TPSA) is 97.2 Å². The van der Waals surface area contributed by atoms with Gasteiger partial charge in [0.15, 0.2) is 0 Å². The summed E-state index contributed by atoms with van der Waals surface area (Å²) in [5.74, 6) is 0.610. The molecule has 0 bridgehead atoms. The molecule has 176 valence electrons. The van der Waals surface area contributed by atoms with Crippen molar-refractivity contribution in [2.75, 3.05) is 14.1 Å². The van der Waals surface area contributed by atoms with Crippen LogP contribution in [-0.4, -0.2) is 47.3 Å². The van der Waals surface area contributed by atoms with E-state index in [1.165, 1.54) is 18.4 Å². The highest BCUT2D eigenvalue weighted by Gasteiger charge is 2.20. The number of imidazole rings is 1. The van der Waals surface area contributed by atoms with Crippen LogP contribution in [0.5, 0.6) is 0 Å². The Balaban J connectivity index is 1.52. The molecule has 9 heteroatoms. The number of carbonyl (C=O) groups is 1. The standard InChI is InChI=1S/C25H27N5O3S/c1-29(2)34(32,33)20-9-10-22-21(17-20)27-23(30(22)3)11-12-24(31)28-25(18-7-5-4-6-8-18)19-13-15-26-16-14-19/h4-10,13-17,25H,11-12H2,1-3H3,(H,28,31). The van der Waals surface area contributed by atoms with Crippen molar-refractivity contribution < 1.29 is 13.2 Å². The third kappa shape index (κ3) is 4.85. The number of aromatic nitrogens is 3. The smallest absolute Gasteiger partial charge is 0.242 e. The molecule has 4 rings (SSSR count). The highest BCUT2D eigenvalue weighted by atomic mass is 32.2. The van der Waals surface area contributed by atoms with Gasteiger partial charge in [0.1, 0.15) is 5.82 Å². The molecule has 0 aliphatic carbocycles. The predicted molar refractivity (Wildman–Crippen MR) is 131 cm³/mol. The molecule has 1 atom stereocenters. The third-order valence-electron chi connectivity index (χ3n) is 5.78. The first kappa shape index (κ1) is 23.6. The lowest BCUT2D eigenvalue weighted by molar-refractivity contribution is -0.121. The lowest BCUT2D eigenvalue weighted by Gasteiger charge is -2.19. The van der Waals surface area contributed by atoms with Crippen molar-refractivity contribution >= 4 is 27.0 Å². The quantitative estimate of drug-likeness (QED) is 0.421. The zero-order chi connectivity index (χ0) is 24.3. The average molecular weight is 478 g/mol. The summed E-state index contributed by atoms with van der Waals surface area (Å²) < 4.78 is 28.0. The Hall–Kier alpha value is -3.56. The van der Waals surface area contributed by atoms with E-state index in [0.29, 0.717) is 17.8 Å². The van der Waals surface area contributed by atoms with Crippen LogP contribution < -0.4 is 5.32 Å². The molecule has 4 aromatic rings. The Kier molecular flexibility index (Phi) is 6.76. The molecule has 0 aliphatic rings. The zero-order valence-corrected chi connectivity index (χ0v) is 20.2. The second-order valence-electron chi connectivity index (χ2n) is 8.22. The number of hydrogen-bond acceptors (Lipinski definition) is 5. The molecular weight excluding hydrogens is 450 g/mol. The van der Waals surface area contributed by atoms with Crippen molar-refractivity contribution in [2.45, 2.75) is 23.8 Å². The summed E-state index contributed by atoms with van der Waals surface area (Å²) in [6, 6.07) is 18.2. The maximum absolute atomic E-state index is 12.9. The maximum atomic E-state index is 12.9. The highest BCUT2D eigenvalue weighted by molar-refractivity contribution is 7.89. The summed E-state index contributed by atoms with van der Waals surface area (Å²) in [7, 11) is 1.31. The Bertz CT molecular complexity index is 1360. The SMILES string of the molecule is CN(C)S(=O)(=O)c1ccc2c(c1)nc(CCC(=O)NC(c1ccccc1)c1ccncc1)n2C. The minimum absolute atomic E-state index is 0.103. The highest BCUT2D eigenvalue weighted by Crippen LogP contribution is 2.23. The van der Waals surface area contributed by atoms with E-state index in [1.54, 1.807) is 30.6 Å². The van der Waals surface area contributed by atoms with Crippen LogP contribution in [0.25, 0.3) is 11.0 Å². The molecule has 2 aromatic heterocycles. The number of hydrogen-bond donors (Lipinski definition) is 1.